The van der Waals surface area contributed by atoms with Gasteiger partial charge in [-0.3, -0.25) is 9.78 Å². The molecule has 0 saturated heterocycles. The molecule has 0 saturated carbocycles. The zero-order valence-electron chi connectivity index (χ0n) is 9.52. The molecule has 0 aliphatic rings. The summed E-state index contributed by atoms with van der Waals surface area (Å²) >= 11 is 3.09. The van der Waals surface area contributed by atoms with Gasteiger partial charge in [-0.25, -0.2) is 8.78 Å². The molecule has 2 aromatic rings. The molecule has 1 atom stereocenters. The summed E-state index contributed by atoms with van der Waals surface area (Å²) in [5, 5.41) is 0. The first-order chi connectivity index (χ1) is 8.61. The standard InChI is InChI=1S/C13H8BrF2NO.BrH/c14-12(8-5-6-17-7-11(8)16)13(18)9-3-1-2-4-10(9)15;/h1-7,12H;1H. The third-order valence-corrected chi connectivity index (χ3v) is 3.36. The molecule has 1 aromatic carbocycles. The van der Waals surface area contributed by atoms with Gasteiger partial charge in [-0.1, -0.05) is 28.1 Å². The number of alkyl halides is 1. The number of carbonyl (C=O) groups is 1. The smallest absolute Gasteiger partial charge is 0.183 e. The topological polar surface area (TPSA) is 30.0 Å². The van der Waals surface area contributed by atoms with Crippen LogP contribution in [0.2, 0.25) is 0 Å². The van der Waals surface area contributed by atoms with Crippen LogP contribution in [0.15, 0.2) is 42.7 Å². The Balaban J connectivity index is 0.00000180. The van der Waals surface area contributed by atoms with Crippen LogP contribution in [0.25, 0.3) is 0 Å². The molecule has 6 heteroatoms. The maximum atomic E-state index is 13.5. The van der Waals surface area contributed by atoms with Gasteiger partial charge in [0.15, 0.2) is 5.78 Å². The van der Waals surface area contributed by atoms with Crippen molar-refractivity contribution in [3.63, 3.8) is 0 Å². The van der Waals surface area contributed by atoms with Crippen LogP contribution >= 0.6 is 32.9 Å². The Morgan fingerprint density at radius 2 is 1.84 bits per heavy atom. The van der Waals surface area contributed by atoms with Crippen molar-refractivity contribution in [2.24, 2.45) is 0 Å². The lowest BCUT2D eigenvalue weighted by Crippen LogP contribution is -2.10. The van der Waals surface area contributed by atoms with E-state index >= 15 is 0 Å². The van der Waals surface area contributed by atoms with E-state index in [1.807, 2.05) is 0 Å². The van der Waals surface area contributed by atoms with Crippen molar-refractivity contribution in [1.82, 2.24) is 4.98 Å². The molecule has 2 nitrogen and oxygen atoms in total. The molecule has 19 heavy (non-hydrogen) atoms. The van der Waals surface area contributed by atoms with E-state index in [1.165, 1.54) is 30.5 Å². The second-order valence-corrected chi connectivity index (χ2v) is 4.52. The van der Waals surface area contributed by atoms with Gasteiger partial charge in [0.1, 0.15) is 16.5 Å². The van der Waals surface area contributed by atoms with Crippen LogP contribution < -0.4 is 0 Å². The van der Waals surface area contributed by atoms with E-state index in [0.717, 1.165) is 6.20 Å². The summed E-state index contributed by atoms with van der Waals surface area (Å²) in [5.74, 6) is -1.76. The largest absolute Gasteiger partial charge is 0.292 e. The summed E-state index contributed by atoms with van der Waals surface area (Å²) in [6.07, 6.45) is 2.39. The van der Waals surface area contributed by atoms with Crippen molar-refractivity contribution in [3.05, 3.63) is 65.5 Å². The summed E-state index contributed by atoms with van der Waals surface area (Å²) < 4.78 is 26.9. The van der Waals surface area contributed by atoms with Gasteiger partial charge in [0.25, 0.3) is 0 Å². The van der Waals surface area contributed by atoms with Gasteiger partial charge >= 0.3 is 0 Å². The number of Topliss-reactive ketones (excluding diaryl/α,β-unsaturated/α-hetero) is 1. The average Bonchev–Trinajstić information content (AvgIpc) is 2.38. The molecule has 100 valence electrons. The third-order valence-electron chi connectivity index (χ3n) is 2.45. The number of pyridine rings is 1. The van der Waals surface area contributed by atoms with Crippen molar-refractivity contribution >= 4 is 38.7 Å². The molecule has 0 fully saturated rings. The zero-order valence-corrected chi connectivity index (χ0v) is 12.8. The number of nitrogens with zero attached hydrogens (tertiary/aromatic N) is 1. The predicted molar refractivity (Wildman–Crippen MR) is 76.9 cm³/mol. The van der Waals surface area contributed by atoms with Gasteiger partial charge in [0, 0.05) is 11.8 Å². The van der Waals surface area contributed by atoms with Gasteiger partial charge < -0.3 is 0 Å². The minimum atomic E-state index is -0.933. The van der Waals surface area contributed by atoms with E-state index < -0.39 is 22.2 Å². The summed E-state index contributed by atoms with van der Waals surface area (Å²) in [7, 11) is 0. The van der Waals surface area contributed by atoms with Crippen LogP contribution in [0.3, 0.4) is 0 Å². The Labute approximate surface area is 127 Å². The fourth-order valence-electron chi connectivity index (χ4n) is 1.53. The molecule has 1 aromatic heterocycles. The molecule has 1 heterocycles. The normalized spacial score (nSPS) is 11.5. The molecular formula is C13H9Br2F2NO. The van der Waals surface area contributed by atoms with Crippen LogP contribution in [0.5, 0.6) is 0 Å². The Morgan fingerprint density at radius 1 is 1.16 bits per heavy atom. The lowest BCUT2D eigenvalue weighted by molar-refractivity contribution is 0.0986. The molecule has 0 radical (unpaired) electrons. The zero-order chi connectivity index (χ0) is 13.1. The van der Waals surface area contributed by atoms with Crippen molar-refractivity contribution in [2.75, 3.05) is 0 Å². The van der Waals surface area contributed by atoms with Crippen LogP contribution in [0, 0.1) is 11.6 Å². The number of benzene rings is 1. The van der Waals surface area contributed by atoms with Crippen molar-refractivity contribution < 1.29 is 13.6 Å². The number of rotatable bonds is 3. The number of carbonyl (C=O) groups excluding carboxylic acids is 1. The first-order valence-corrected chi connectivity index (χ1v) is 6.05. The van der Waals surface area contributed by atoms with E-state index in [-0.39, 0.29) is 28.1 Å². The van der Waals surface area contributed by atoms with Crippen LogP contribution in [0.1, 0.15) is 20.7 Å². The predicted octanol–water partition coefficient (Wildman–Crippen LogP) is 4.26. The van der Waals surface area contributed by atoms with E-state index in [4.69, 9.17) is 0 Å². The Morgan fingerprint density at radius 3 is 2.47 bits per heavy atom. The average molecular weight is 393 g/mol. The molecule has 0 spiro atoms. The Bertz CT molecular complexity index is 592. The summed E-state index contributed by atoms with van der Waals surface area (Å²) in [4.78, 5) is 14.7. The molecular weight excluding hydrogens is 384 g/mol. The number of ketones is 1. The third kappa shape index (κ3) is 3.45. The molecule has 0 N–H and O–H groups in total. The second-order valence-electron chi connectivity index (χ2n) is 3.60. The van der Waals surface area contributed by atoms with Crippen LogP contribution in [0.4, 0.5) is 8.78 Å². The molecule has 2 rings (SSSR count). The van der Waals surface area contributed by atoms with E-state index in [0.29, 0.717) is 0 Å². The summed E-state index contributed by atoms with van der Waals surface area (Å²) in [6, 6.07) is 6.98. The second kappa shape index (κ2) is 6.86. The number of aromatic nitrogens is 1. The van der Waals surface area contributed by atoms with Gasteiger partial charge in [-0.2, -0.15) is 0 Å². The summed E-state index contributed by atoms with van der Waals surface area (Å²) in [5.41, 5.74) is 0.0637. The van der Waals surface area contributed by atoms with Crippen LogP contribution in [-0.2, 0) is 0 Å². The van der Waals surface area contributed by atoms with Crippen molar-refractivity contribution in [2.45, 2.75) is 4.83 Å². The minimum absolute atomic E-state index is 0. The fraction of sp³-hybridized carbons (Fsp3) is 0.0769. The Kier molecular flexibility index (Phi) is 5.75. The molecule has 0 bridgehead atoms. The number of hydrogen-bond acceptors (Lipinski definition) is 2. The molecule has 0 aliphatic carbocycles. The van der Waals surface area contributed by atoms with Crippen molar-refractivity contribution in [3.8, 4) is 0 Å². The lowest BCUT2D eigenvalue weighted by Gasteiger charge is -2.10. The number of halogens is 4. The van der Waals surface area contributed by atoms with Gasteiger partial charge in [0.05, 0.1) is 11.8 Å². The highest BCUT2D eigenvalue weighted by molar-refractivity contribution is 9.09. The number of hydrogen-bond donors (Lipinski definition) is 0. The maximum absolute atomic E-state index is 13.5. The maximum Gasteiger partial charge on any atom is 0.183 e. The highest BCUT2D eigenvalue weighted by atomic mass is 79.9. The highest BCUT2D eigenvalue weighted by Gasteiger charge is 2.23. The molecule has 0 amide bonds. The van der Waals surface area contributed by atoms with Crippen LogP contribution in [-0.4, -0.2) is 10.8 Å². The minimum Gasteiger partial charge on any atom is -0.292 e. The Hall–Kier alpha value is -1.14. The quantitative estimate of drug-likeness (QED) is 0.577. The van der Waals surface area contributed by atoms with E-state index in [1.54, 1.807) is 6.07 Å². The van der Waals surface area contributed by atoms with E-state index in [9.17, 15) is 13.6 Å². The van der Waals surface area contributed by atoms with Gasteiger partial charge in [0.2, 0.25) is 0 Å². The van der Waals surface area contributed by atoms with Crippen molar-refractivity contribution in [1.29, 1.82) is 0 Å². The first kappa shape index (κ1) is 15.9. The SMILES string of the molecule is Br.O=C(c1ccccc1F)C(Br)c1ccncc1F. The first-order valence-electron chi connectivity index (χ1n) is 5.13. The molecule has 0 aliphatic heterocycles. The van der Waals surface area contributed by atoms with Gasteiger partial charge in [-0.05, 0) is 18.2 Å². The van der Waals surface area contributed by atoms with E-state index in [2.05, 4.69) is 20.9 Å². The van der Waals surface area contributed by atoms with Gasteiger partial charge in [-0.15, -0.1) is 17.0 Å². The molecule has 1 unspecified atom stereocenters. The lowest BCUT2D eigenvalue weighted by atomic mass is 10.0. The summed E-state index contributed by atoms with van der Waals surface area (Å²) in [6.45, 7) is 0. The monoisotopic (exact) mass is 391 g/mol. The highest BCUT2D eigenvalue weighted by Crippen LogP contribution is 2.29. The fourth-order valence-corrected chi connectivity index (χ4v) is 2.15.